The maximum atomic E-state index is 11.1. The van der Waals surface area contributed by atoms with E-state index in [0.29, 0.717) is 10.9 Å². The lowest BCUT2D eigenvalue weighted by atomic mass is 10.1. The van der Waals surface area contributed by atoms with Crippen molar-refractivity contribution in [3.05, 3.63) is 29.5 Å². The molecule has 0 bridgehead atoms. The van der Waals surface area contributed by atoms with Crippen LogP contribution in [0.1, 0.15) is 35.8 Å². The zero-order valence-electron chi connectivity index (χ0n) is 9.56. The van der Waals surface area contributed by atoms with Gasteiger partial charge in [0.1, 0.15) is 0 Å². The fraction of sp³-hybridized carbons (Fsp3) is 0.333. The molecule has 1 aromatic heterocycles. The Bertz CT molecular complexity index is 555. The molecule has 1 aromatic carbocycles. The molecule has 0 amide bonds. The van der Waals surface area contributed by atoms with Crippen LogP contribution in [0, 0.1) is 6.92 Å². The summed E-state index contributed by atoms with van der Waals surface area (Å²) in [5, 5.41) is 14.1. The van der Waals surface area contributed by atoms with Crippen LogP contribution in [0.15, 0.2) is 18.3 Å². The quantitative estimate of drug-likeness (QED) is 0.843. The lowest BCUT2D eigenvalue weighted by Gasteiger charge is -2.08. The van der Waals surface area contributed by atoms with Gasteiger partial charge in [0.05, 0.1) is 17.3 Å². The summed E-state index contributed by atoms with van der Waals surface area (Å²) in [4.78, 5) is 11.1. The molecule has 0 aliphatic heterocycles. The van der Waals surface area contributed by atoms with E-state index in [-0.39, 0.29) is 6.04 Å². The molecule has 4 heteroatoms. The summed E-state index contributed by atoms with van der Waals surface area (Å²) in [5.41, 5.74) is 2.14. The monoisotopic (exact) mass is 218 g/mol. The number of carboxylic acids is 1. The molecule has 0 radical (unpaired) electrons. The first-order chi connectivity index (χ1) is 7.50. The number of carbonyl (C=O) groups is 1. The third-order valence-electron chi connectivity index (χ3n) is 2.58. The summed E-state index contributed by atoms with van der Waals surface area (Å²) in [6.07, 6.45) is 1.62. The molecule has 0 fully saturated rings. The number of fused-ring (bicyclic) bond motifs is 1. The van der Waals surface area contributed by atoms with Crippen LogP contribution in [0.25, 0.3) is 10.9 Å². The van der Waals surface area contributed by atoms with E-state index in [2.05, 4.69) is 5.10 Å². The number of carboxylic acid groups (broad SMARTS) is 1. The van der Waals surface area contributed by atoms with Gasteiger partial charge in [-0.15, -0.1) is 0 Å². The van der Waals surface area contributed by atoms with Gasteiger partial charge in [-0.05, 0) is 38.5 Å². The number of nitrogens with zero attached hydrogens (tertiary/aromatic N) is 2. The van der Waals surface area contributed by atoms with Gasteiger partial charge in [0.15, 0.2) is 0 Å². The summed E-state index contributed by atoms with van der Waals surface area (Å²) in [7, 11) is 0. The van der Waals surface area contributed by atoms with Gasteiger partial charge in [-0.25, -0.2) is 4.79 Å². The Hall–Kier alpha value is -1.84. The van der Waals surface area contributed by atoms with Crippen LogP contribution in [0.3, 0.4) is 0 Å². The molecule has 0 saturated heterocycles. The number of benzene rings is 1. The molecule has 0 saturated carbocycles. The summed E-state index contributed by atoms with van der Waals surface area (Å²) in [6, 6.07) is 3.87. The minimum Gasteiger partial charge on any atom is -0.478 e. The highest BCUT2D eigenvalue weighted by Crippen LogP contribution is 2.23. The lowest BCUT2D eigenvalue weighted by molar-refractivity contribution is 0.0699. The first kappa shape index (κ1) is 10.7. The van der Waals surface area contributed by atoms with E-state index in [1.807, 2.05) is 31.5 Å². The molecular weight excluding hydrogens is 204 g/mol. The largest absolute Gasteiger partial charge is 0.478 e. The van der Waals surface area contributed by atoms with Crippen LogP contribution in [0.4, 0.5) is 0 Å². The van der Waals surface area contributed by atoms with Crippen molar-refractivity contribution in [2.24, 2.45) is 0 Å². The van der Waals surface area contributed by atoms with E-state index in [1.165, 1.54) is 0 Å². The van der Waals surface area contributed by atoms with E-state index < -0.39 is 5.97 Å². The van der Waals surface area contributed by atoms with Crippen molar-refractivity contribution in [1.82, 2.24) is 9.78 Å². The summed E-state index contributed by atoms with van der Waals surface area (Å²) in [6.45, 7) is 5.94. The van der Waals surface area contributed by atoms with Gasteiger partial charge in [-0.2, -0.15) is 5.10 Å². The molecule has 2 aromatic rings. The molecule has 4 nitrogen and oxygen atoms in total. The van der Waals surface area contributed by atoms with E-state index in [4.69, 9.17) is 5.11 Å². The van der Waals surface area contributed by atoms with E-state index >= 15 is 0 Å². The van der Waals surface area contributed by atoms with Gasteiger partial charge < -0.3 is 5.11 Å². The maximum absolute atomic E-state index is 11.1. The van der Waals surface area contributed by atoms with Crippen LogP contribution in [0.5, 0.6) is 0 Å². The van der Waals surface area contributed by atoms with Gasteiger partial charge in [0.2, 0.25) is 0 Å². The van der Waals surface area contributed by atoms with Crippen molar-refractivity contribution in [2.45, 2.75) is 26.8 Å². The third kappa shape index (κ3) is 1.56. The maximum Gasteiger partial charge on any atom is 0.336 e. The van der Waals surface area contributed by atoms with Gasteiger partial charge in [-0.3, -0.25) is 4.68 Å². The van der Waals surface area contributed by atoms with Crippen molar-refractivity contribution in [3.8, 4) is 0 Å². The first-order valence-electron chi connectivity index (χ1n) is 5.22. The van der Waals surface area contributed by atoms with Crippen LogP contribution in [-0.4, -0.2) is 20.9 Å². The molecule has 1 heterocycles. The number of rotatable bonds is 2. The Morgan fingerprint density at radius 3 is 2.69 bits per heavy atom. The summed E-state index contributed by atoms with van der Waals surface area (Å²) >= 11 is 0. The Kier molecular flexibility index (Phi) is 2.42. The molecular formula is C12H14N2O2. The van der Waals surface area contributed by atoms with Crippen LogP contribution in [0.2, 0.25) is 0 Å². The van der Waals surface area contributed by atoms with E-state index in [9.17, 15) is 4.79 Å². The van der Waals surface area contributed by atoms with Crippen molar-refractivity contribution in [1.29, 1.82) is 0 Å². The zero-order valence-corrected chi connectivity index (χ0v) is 9.56. The first-order valence-corrected chi connectivity index (χ1v) is 5.22. The zero-order chi connectivity index (χ0) is 11.9. The van der Waals surface area contributed by atoms with Crippen molar-refractivity contribution in [3.63, 3.8) is 0 Å². The third-order valence-corrected chi connectivity index (χ3v) is 2.58. The van der Waals surface area contributed by atoms with Crippen molar-refractivity contribution in [2.75, 3.05) is 0 Å². The van der Waals surface area contributed by atoms with Crippen LogP contribution >= 0.6 is 0 Å². The van der Waals surface area contributed by atoms with E-state index in [0.717, 1.165) is 11.1 Å². The molecule has 16 heavy (non-hydrogen) atoms. The van der Waals surface area contributed by atoms with Crippen molar-refractivity contribution >= 4 is 16.9 Å². The average Bonchev–Trinajstić information content (AvgIpc) is 2.59. The Morgan fingerprint density at radius 1 is 1.44 bits per heavy atom. The number of aromatic nitrogens is 2. The number of aromatic carboxylic acids is 1. The predicted octanol–water partition coefficient (Wildman–Crippen LogP) is 2.62. The van der Waals surface area contributed by atoms with Crippen LogP contribution in [-0.2, 0) is 0 Å². The second-order valence-electron chi connectivity index (χ2n) is 4.23. The molecule has 84 valence electrons. The molecule has 1 N–H and O–H groups in total. The fourth-order valence-corrected chi connectivity index (χ4v) is 1.87. The molecule has 0 atom stereocenters. The van der Waals surface area contributed by atoms with Gasteiger partial charge in [0, 0.05) is 11.4 Å². The second kappa shape index (κ2) is 3.63. The number of hydrogen-bond donors (Lipinski definition) is 1. The molecule has 0 unspecified atom stereocenters. The standard InChI is InChI=1S/C12H14N2O2/c1-7(2)14-11-5-8(3)4-9(12(15)16)10(11)6-13-14/h4-7H,1-3H3,(H,15,16). The molecule has 2 rings (SSSR count). The minimum atomic E-state index is -0.906. The highest BCUT2D eigenvalue weighted by Gasteiger charge is 2.14. The minimum absolute atomic E-state index is 0.223. The van der Waals surface area contributed by atoms with Crippen LogP contribution < -0.4 is 0 Å². The Labute approximate surface area is 93.5 Å². The van der Waals surface area contributed by atoms with Gasteiger partial charge in [-0.1, -0.05) is 0 Å². The SMILES string of the molecule is Cc1cc(C(=O)O)c2cnn(C(C)C)c2c1. The topological polar surface area (TPSA) is 55.1 Å². The molecule has 0 aliphatic carbocycles. The number of aryl methyl sites for hydroxylation is 1. The van der Waals surface area contributed by atoms with Gasteiger partial charge >= 0.3 is 5.97 Å². The normalized spacial score (nSPS) is 11.2. The molecule has 0 spiro atoms. The average molecular weight is 218 g/mol. The predicted molar refractivity (Wildman–Crippen MR) is 61.8 cm³/mol. The van der Waals surface area contributed by atoms with E-state index in [1.54, 1.807) is 12.3 Å². The number of hydrogen-bond acceptors (Lipinski definition) is 2. The highest BCUT2D eigenvalue weighted by atomic mass is 16.4. The summed E-state index contributed by atoms with van der Waals surface area (Å²) < 4.78 is 1.84. The smallest absolute Gasteiger partial charge is 0.336 e. The molecule has 0 aliphatic rings. The Morgan fingerprint density at radius 2 is 2.12 bits per heavy atom. The lowest BCUT2D eigenvalue weighted by Crippen LogP contribution is -2.03. The fourth-order valence-electron chi connectivity index (χ4n) is 1.87. The Balaban J connectivity index is 2.81. The second-order valence-corrected chi connectivity index (χ2v) is 4.23. The van der Waals surface area contributed by atoms with Crippen molar-refractivity contribution < 1.29 is 9.90 Å². The summed E-state index contributed by atoms with van der Waals surface area (Å²) in [5.74, 6) is -0.906. The highest BCUT2D eigenvalue weighted by molar-refractivity contribution is 6.02. The van der Waals surface area contributed by atoms with Gasteiger partial charge in [0.25, 0.3) is 0 Å².